The van der Waals surface area contributed by atoms with Crippen molar-refractivity contribution >= 4 is 34.7 Å². The van der Waals surface area contributed by atoms with Gasteiger partial charge >= 0.3 is 6.18 Å². The molecule has 2 aromatic heterocycles. The Hall–Kier alpha value is -3.07. The normalized spacial score (nSPS) is 13.9. The average Bonchev–Trinajstić information content (AvgIpc) is 2.70. The Morgan fingerprint density at radius 1 is 1.07 bits per heavy atom. The zero-order chi connectivity index (χ0) is 20.6. The maximum atomic E-state index is 12.8. The van der Waals surface area contributed by atoms with Crippen molar-refractivity contribution in [2.75, 3.05) is 22.5 Å². The van der Waals surface area contributed by atoms with Crippen LogP contribution in [0.25, 0.3) is 0 Å². The summed E-state index contributed by atoms with van der Waals surface area (Å²) in [5.74, 6) is 0.795. The summed E-state index contributed by atoms with van der Waals surface area (Å²) in [7, 11) is 0. The molecule has 6 nitrogen and oxygen atoms in total. The topological polar surface area (TPSA) is 80.0 Å². The van der Waals surface area contributed by atoms with Gasteiger partial charge in [-0.2, -0.15) is 13.2 Å². The number of rotatable bonds is 3. The quantitative estimate of drug-likeness (QED) is 0.652. The van der Waals surface area contributed by atoms with E-state index in [1.807, 2.05) is 17.0 Å². The first-order valence-electron chi connectivity index (χ1n) is 8.75. The van der Waals surface area contributed by atoms with Crippen LogP contribution in [-0.2, 0) is 19.1 Å². The lowest BCUT2D eigenvalue weighted by Gasteiger charge is -2.30. The number of halogens is 4. The number of alkyl halides is 3. The summed E-state index contributed by atoms with van der Waals surface area (Å²) in [5, 5.41) is 2.62. The minimum absolute atomic E-state index is 0.0278. The molecule has 0 bridgehead atoms. The summed E-state index contributed by atoms with van der Waals surface area (Å²) in [6, 6.07) is 8.95. The van der Waals surface area contributed by atoms with Crippen LogP contribution in [0.4, 0.5) is 36.3 Å². The van der Waals surface area contributed by atoms with E-state index >= 15 is 0 Å². The van der Waals surface area contributed by atoms with E-state index in [-0.39, 0.29) is 22.3 Å². The SMILES string of the molecule is Nc1c(Nc2ncc(C(F)(F)F)cc2Cl)ncnc1N1CCc2ccccc2C1. The van der Waals surface area contributed by atoms with Gasteiger partial charge in [0.2, 0.25) is 0 Å². The van der Waals surface area contributed by atoms with Crippen LogP contribution >= 0.6 is 11.6 Å². The molecule has 10 heteroatoms. The highest BCUT2D eigenvalue weighted by Crippen LogP contribution is 2.35. The number of hydrogen-bond donors (Lipinski definition) is 2. The molecule has 3 N–H and O–H groups in total. The van der Waals surface area contributed by atoms with Crippen molar-refractivity contribution in [3.8, 4) is 0 Å². The Labute approximate surface area is 169 Å². The summed E-state index contributed by atoms with van der Waals surface area (Å²) in [6.07, 6.45) is -1.63. The van der Waals surface area contributed by atoms with E-state index in [2.05, 4.69) is 32.4 Å². The van der Waals surface area contributed by atoms with Crippen LogP contribution in [0, 0.1) is 0 Å². The van der Waals surface area contributed by atoms with Gasteiger partial charge in [-0.3, -0.25) is 0 Å². The zero-order valence-corrected chi connectivity index (χ0v) is 15.8. The number of nitrogens with two attached hydrogens (primary N) is 1. The molecule has 0 saturated heterocycles. The van der Waals surface area contributed by atoms with Crippen LogP contribution in [0.15, 0.2) is 42.9 Å². The third-order valence-electron chi connectivity index (χ3n) is 4.70. The molecule has 1 aromatic carbocycles. The molecular formula is C19H16ClF3N6. The lowest BCUT2D eigenvalue weighted by atomic mass is 10.00. The first-order chi connectivity index (χ1) is 13.8. The van der Waals surface area contributed by atoms with E-state index < -0.39 is 11.7 Å². The number of nitrogens with zero attached hydrogens (tertiary/aromatic N) is 4. The maximum absolute atomic E-state index is 12.8. The molecule has 0 spiro atoms. The zero-order valence-electron chi connectivity index (χ0n) is 15.0. The summed E-state index contributed by atoms with van der Waals surface area (Å²) in [6.45, 7) is 1.38. The van der Waals surface area contributed by atoms with Crippen molar-refractivity contribution in [1.29, 1.82) is 0 Å². The third-order valence-corrected chi connectivity index (χ3v) is 4.99. The predicted octanol–water partition coefficient (Wildman–Crippen LogP) is 4.43. The Morgan fingerprint density at radius 2 is 1.83 bits per heavy atom. The Morgan fingerprint density at radius 3 is 2.55 bits per heavy atom. The fraction of sp³-hybridized carbons (Fsp3) is 0.211. The summed E-state index contributed by atoms with van der Waals surface area (Å²) in [4.78, 5) is 14.2. The molecule has 150 valence electrons. The van der Waals surface area contributed by atoms with Gasteiger partial charge in [-0.1, -0.05) is 35.9 Å². The molecule has 29 heavy (non-hydrogen) atoms. The fourth-order valence-corrected chi connectivity index (χ4v) is 3.43. The minimum atomic E-state index is -4.53. The van der Waals surface area contributed by atoms with Gasteiger partial charge in [0.05, 0.1) is 10.6 Å². The summed E-state index contributed by atoms with van der Waals surface area (Å²) in [5.41, 5.74) is 8.07. The van der Waals surface area contributed by atoms with Gasteiger partial charge in [0.15, 0.2) is 11.6 Å². The molecule has 0 unspecified atom stereocenters. The van der Waals surface area contributed by atoms with Gasteiger partial charge in [0, 0.05) is 19.3 Å². The molecule has 3 aromatic rings. The van der Waals surface area contributed by atoms with E-state index in [0.717, 1.165) is 19.0 Å². The first kappa shape index (κ1) is 19.3. The van der Waals surface area contributed by atoms with Crippen molar-refractivity contribution in [2.24, 2.45) is 0 Å². The number of fused-ring (bicyclic) bond motifs is 1. The van der Waals surface area contributed by atoms with Crippen LogP contribution in [-0.4, -0.2) is 21.5 Å². The average molecular weight is 421 g/mol. The van der Waals surface area contributed by atoms with Crippen molar-refractivity contribution in [3.05, 3.63) is 64.6 Å². The van der Waals surface area contributed by atoms with E-state index in [4.69, 9.17) is 17.3 Å². The highest BCUT2D eigenvalue weighted by molar-refractivity contribution is 6.33. The molecule has 0 atom stereocenters. The van der Waals surface area contributed by atoms with Gasteiger partial charge in [-0.25, -0.2) is 15.0 Å². The molecule has 0 fully saturated rings. The molecule has 4 rings (SSSR count). The first-order valence-corrected chi connectivity index (χ1v) is 9.12. The lowest BCUT2D eigenvalue weighted by Crippen LogP contribution is -2.31. The van der Waals surface area contributed by atoms with Crippen molar-refractivity contribution in [3.63, 3.8) is 0 Å². The highest BCUT2D eigenvalue weighted by atomic mass is 35.5. The smallest absolute Gasteiger partial charge is 0.393 e. The summed E-state index contributed by atoms with van der Waals surface area (Å²) >= 11 is 5.96. The molecular weight excluding hydrogens is 405 g/mol. The van der Waals surface area contributed by atoms with E-state index in [0.29, 0.717) is 18.6 Å². The number of pyridine rings is 1. The van der Waals surface area contributed by atoms with E-state index in [9.17, 15) is 13.2 Å². The standard InChI is InChI=1S/C19H16ClF3N6/c20-14-7-13(19(21,22)23)8-25-16(14)28-17-15(24)18(27-10-26-17)29-6-5-11-3-1-2-4-12(11)9-29/h1-4,7-8,10H,5-6,9,24H2,(H,25,26,27,28). The van der Waals surface area contributed by atoms with Crippen molar-refractivity contribution < 1.29 is 13.2 Å². The van der Waals surface area contributed by atoms with Gasteiger partial charge < -0.3 is 16.0 Å². The second-order valence-electron chi connectivity index (χ2n) is 6.58. The van der Waals surface area contributed by atoms with Crippen LogP contribution < -0.4 is 16.0 Å². The lowest BCUT2D eigenvalue weighted by molar-refractivity contribution is -0.137. The molecule has 0 amide bonds. The second kappa shape index (κ2) is 7.40. The van der Waals surface area contributed by atoms with Crippen LogP contribution in [0.2, 0.25) is 5.02 Å². The number of nitrogen functional groups attached to an aromatic ring is 1. The monoisotopic (exact) mass is 420 g/mol. The van der Waals surface area contributed by atoms with E-state index in [1.54, 1.807) is 0 Å². The van der Waals surface area contributed by atoms with Crippen molar-refractivity contribution in [1.82, 2.24) is 15.0 Å². The highest BCUT2D eigenvalue weighted by Gasteiger charge is 2.31. The third kappa shape index (κ3) is 3.91. The van der Waals surface area contributed by atoms with Gasteiger partial charge in [0.25, 0.3) is 0 Å². The van der Waals surface area contributed by atoms with Gasteiger partial charge in [-0.15, -0.1) is 0 Å². The van der Waals surface area contributed by atoms with Gasteiger partial charge in [-0.05, 0) is 23.6 Å². The number of anilines is 4. The largest absolute Gasteiger partial charge is 0.417 e. The molecule has 0 saturated carbocycles. The molecule has 1 aliphatic heterocycles. The Kier molecular flexibility index (Phi) is 4.91. The van der Waals surface area contributed by atoms with Crippen molar-refractivity contribution in [2.45, 2.75) is 19.1 Å². The molecule has 1 aliphatic rings. The maximum Gasteiger partial charge on any atom is 0.417 e. The second-order valence-corrected chi connectivity index (χ2v) is 6.98. The fourth-order valence-electron chi connectivity index (χ4n) is 3.21. The molecule has 0 aliphatic carbocycles. The van der Waals surface area contributed by atoms with Gasteiger partial charge in [0.1, 0.15) is 17.8 Å². The van der Waals surface area contributed by atoms with Crippen LogP contribution in [0.3, 0.4) is 0 Å². The van der Waals surface area contributed by atoms with Crippen LogP contribution in [0.1, 0.15) is 16.7 Å². The molecule has 0 radical (unpaired) electrons. The van der Waals surface area contributed by atoms with E-state index in [1.165, 1.54) is 17.5 Å². The minimum Gasteiger partial charge on any atom is -0.393 e. The predicted molar refractivity (Wildman–Crippen MR) is 105 cm³/mol. The van der Waals surface area contributed by atoms with Crippen LogP contribution in [0.5, 0.6) is 0 Å². The number of benzene rings is 1. The summed E-state index contributed by atoms with van der Waals surface area (Å²) < 4.78 is 38.4. The Bertz CT molecular complexity index is 1060. The Balaban J connectivity index is 1.60. The molecule has 3 heterocycles. The number of nitrogens with one attached hydrogen (secondary N) is 1. The number of hydrogen-bond acceptors (Lipinski definition) is 6. The number of aromatic nitrogens is 3.